The molecule has 2 aromatic carbocycles. The Bertz CT molecular complexity index is 747. The molecule has 0 aliphatic heterocycles. The predicted octanol–water partition coefficient (Wildman–Crippen LogP) is 4.33. The van der Waals surface area contributed by atoms with Crippen molar-refractivity contribution in [3.05, 3.63) is 52.5 Å². The number of ether oxygens (including phenoxy) is 1. The molecule has 0 unspecified atom stereocenters. The second-order valence-corrected chi connectivity index (χ2v) is 4.95. The van der Waals surface area contributed by atoms with E-state index in [0.717, 1.165) is 0 Å². The minimum Gasteiger partial charge on any atom is -0.504 e. The van der Waals surface area contributed by atoms with Crippen molar-refractivity contribution < 1.29 is 27.8 Å². The van der Waals surface area contributed by atoms with Crippen molar-refractivity contribution >= 4 is 23.2 Å². The van der Waals surface area contributed by atoms with Gasteiger partial charge in [-0.3, -0.25) is 4.79 Å². The summed E-state index contributed by atoms with van der Waals surface area (Å²) >= 11 is 5.58. The normalized spacial score (nSPS) is 11.2. The summed E-state index contributed by atoms with van der Waals surface area (Å²) in [6.07, 6.45) is -4.66. The second-order valence-electron chi connectivity index (χ2n) is 4.54. The van der Waals surface area contributed by atoms with E-state index >= 15 is 0 Å². The second kappa shape index (κ2) is 6.37. The Hall–Kier alpha value is -2.41. The first-order valence-electron chi connectivity index (χ1n) is 6.27. The van der Waals surface area contributed by atoms with Crippen LogP contribution in [-0.2, 0) is 6.18 Å². The van der Waals surface area contributed by atoms with E-state index in [-0.39, 0.29) is 5.56 Å². The first kappa shape index (κ1) is 17.0. The first-order valence-corrected chi connectivity index (χ1v) is 6.65. The Labute approximate surface area is 134 Å². The molecule has 0 heterocycles. The fourth-order valence-electron chi connectivity index (χ4n) is 1.82. The molecule has 0 aliphatic rings. The number of phenols is 1. The minimum atomic E-state index is -4.66. The van der Waals surface area contributed by atoms with Crippen LogP contribution in [-0.4, -0.2) is 18.1 Å². The van der Waals surface area contributed by atoms with E-state index in [1.165, 1.54) is 19.2 Å². The highest BCUT2D eigenvalue weighted by Gasteiger charge is 2.32. The van der Waals surface area contributed by atoms with Crippen LogP contribution in [0, 0.1) is 0 Å². The van der Waals surface area contributed by atoms with Gasteiger partial charge in [-0.1, -0.05) is 17.7 Å². The quantitative estimate of drug-likeness (QED) is 0.814. The van der Waals surface area contributed by atoms with Gasteiger partial charge in [0.25, 0.3) is 5.91 Å². The largest absolute Gasteiger partial charge is 0.504 e. The predicted molar refractivity (Wildman–Crippen MR) is 79.1 cm³/mol. The van der Waals surface area contributed by atoms with Gasteiger partial charge in [0.05, 0.1) is 23.4 Å². The smallest absolute Gasteiger partial charge is 0.416 e. The van der Waals surface area contributed by atoms with Crippen LogP contribution in [0.15, 0.2) is 36.4 Å². The Kier molecular flexibility index (Phi) is 4.70. The average Bonchev–Trinajstić information content (AvgIpc) is 2.50. The van der Waals surface area contributed by atoms with Crippen LogP contribution in [0.4, 0.5) is 18.9 Å². The molecule has 0 saturated carbocycles. The van der Waals surface area contributed by atoms with Crippen molar-refractivity contribution in [2.24, 2.45) is 0 Å². The summed E-state index contributed by atoms with van der Waals surface area (Å²) in [6, 6.07) is 7.20. The number of amides is 1. The maximum Gasteiger partial charge on any atom is 0.416 e. The molecule has 2 N–H and O–H groups in total. The number of phenolic OH excluding ortho intramolecular Hbond substituents is 1. The van der Waals surface area contributed by atoms with E-state index in [0.29, 0.717) is 17.9 Å². The molecule has 0 bridgehead atoms. The summed E-state index contributed by atoms with van der Waals surface area (Å²) in [5.74, 6) is -0.950. The lowest BCUT2D eigenvalue weighted by molar-refractivity contribution is -0.137. The molecule has 0 saturated heterocycles. The van der Waals surface area contributed by atoms with E-state index in [9.17, 15) is 23.1 Å². The van der Waals surface area contributed by atoms with Gasteiger partial charge in [0.1, 0.15) is 5.75 Å². The Balaban J connectivity index is 2.35. The van der Waals surface area contributed by atoms with Gasteiger partial charge in [-0.25, -0.2) is 0 Å². The van der Waals surface area contributed by atoms with Crippen LogP contribution >= 0.6 is 11.6 Å². The number of hydrogen-bond acceptors (Lipinski definition) is 3. The molecule has 8 heteroatoms. The van der Waals surface area contributed by atoms with Crippen molar-refractivity contribution in [2.45, 2.75) is 6.18 Å². The zero-order chi connectivity index (χ0) is 17.2. The number of benzene rings is 2. The fourth-order valence-corrected chi connectivity index (χ4v) is 2.04. The van der Waals surface area contributed by atoms with Gasteiger partial charge in [-0.05, 0) is 30.3 Å². The van der Waals surface area contributed by atoms with Gasteiger partial charge in [0, 0.05) is 5.56 Å². The Morgan fingerprint density at radius 3 is 2.57 bits per heavy atom. The van der Waals surface area contributed by atoms with Crippen LogP contribution in [0.2, 0.25) is 5.02 Å². The summed E-state index contributed by atoms with van der Waals surface area (Å²) in [6.45, 7) is 0. The number of carbonyl (C=O) groups is 1. The number of methoxy groups -OCH3 is 1. The number of alkyl halides is 3. The highest BCUT2D eigenvalue weighted by molar-refractivity contribution is 6.32. The van der Waals surface area contributed by atoms with Crippen molar-refractivity contribution in [2.75, 3.05) is 12.4 Å². The molecule has 0 radical (unpaired) electrons. The number of anilines is 1. The van der Waals surface area contributed by atoms with E-state index < -0.39 is 34.1 Å². The topological polar surface area (TPSA) is 58.6 Å². The van der Waals surface area contributed by atoms with Crippen molar-refractivity contribution in [1.82, 2.24) is 0 Å². The van der Waals surface area contributed by atoms with Gasteiger partial charge >= 0.3 is 6.18 Å². The zero-order valence-corrected chi connectivity index (χ0v) is 12.5. The monoisotopic (exact) mass is 345 g/mol. The van der Waals surface area contributed by atoms with Crippen LogP contribution < -0.4 is 10.1 Å². The Morgan fingerprint density at radius 1 is 1.26 bits per heavy atom. The summed E-state index contributed by atoms with van der Waals surface area (Å²) in [5.41, 5.74) is -1.36. The highest BCUT2D eigenvalue weighted by Crippen LogP contribution is 2.39. The lowest BCUT2D eigenvalue weighted by Crippen LogP contribution is -2.13. The van der Waals surface area contributed by atoms with Crippen molar-refractivity contribution in [1.29, 1.82) is 0 Å². The molecule has 2 rings (SSSR count). The molecule has 0 spiro atoms. The minimum absolute atomic E-state index is 0.150. The molecule has 4 nitrogen and oxygen atoms in total. The van der Waals surface area contributed by atoms with Crippen LogP contribution in [0.25, 0.3) is 0 Å². The number of hydrogen-bond donors (Lipinski definition) is 2. The molecule has 0 aromatic heterocycles. The summed E-state index contributed by atoms with van der Waals surface area (Å²) in [4.78, 5) is 12.1. The van der Waals surface area contributed by atoms with Crippen molar-refractivity contribution in [3.8, 4) is 11.5 Å². The third-order valence-electron chi connectivity index (χ3n) is 2.97. The third kappa shape index (κ3) is 3.87. The van der Waals surface area contributed by atoms with E-state index in [4.69, 9.17) is 16.3 Å². The maximum atomic E-state index is 12.8. The van der Waals surface area contributed by atoms with E-state index in [1.54, 1.807) is 12.1 Å². The van der Waals surface area contributed by atoms with E-state index in [1.807, 2.05) is 0 Å². The standard InChI is InChI=1S/C15H11ClF3NO3/c1-23-10-4-2-3-8(5-10)14(22)20-12-7-9(15(17,18)19)6-11(16)13(12)21/h2-7,21H,1H3,(H,20,22). The molecular weight excluding hydrogens is 335 g/mol. The van der Waals surface area contributed by atoms with Gasteiger partial charge in [-0.2, -0.15) is 13.2 Å². The van der Waals surface area contributed by atoms with Gasteiger partial charge < -0.3 is 15.2 Å². The maximum absolute atomic E-state index is 12.8. The molecule has 122 valence electrons. The molecule has 0 fully saturated rings. The van der Waals surface area contributed by atoms with Crippen molar-refractivity contribution in [3.63, 3.8) is 0 Å². The van der Waals surface area contributed by atoms with Crippen LogP contribution in [0.1, 0.15) is 15.9 Å². The Morgan fingerprint density at radius 2 is 1.96 bits per heavy atom. The molecular formula is C15H11ClF3NO3. The summed E-state index contributed by atoms with van der Waals surface area (Å²) < 4.78 is 43.3. The molecule has 2 aromatic rings. The lowest BCUT2D eigenvalue weighted by Gasteiger charge is -2.13. The number of rotatable bonds is 3. The number of aromatic hydroxyl groups is 1. The lowest BCUT2D eigenvalue weighted by atomic mass is 10.1. The molecule has 0 atom stereocenters. The molecule has 1 amide bonds. The summed E-state index contributed by atoms with van der Waals surface area (Å²) in [7, 11) is 1.41. The van der Waals surface area contributed by atoms with Crippen LogP contribution in [0.3, 0.4) is 0 Å². The molecule has 0 aliphatic carbocycles. The first-order chi connectivity index (χ1) is 10.7. The number of carbonyl (C=O) groups excluding carboxylic acids is 1. The third-order valence-corrected chi connectivity index (χ3v) is 3.26. The van der Waals surface area contributed by atoms with Gasteiger partial charge in [-0.15, -0.1) is 0 Å². The van der Waals surface area contributed by atoms with Gasteiger partial charge in [0.2, 0.25) is 0 Å². The molecule has 23 heavy (non-hydrogen) atoms. The number of halogens is 4. The zero-order valence-electron chi connectivity index (χ0n) is 11.7. The average molecular weight is 346 g/mol. The van der Waals surface area contributed by atoms with Gasteiger partial charge in [0.15, 0.2) is 5.75 Å². The fraction of sp³-hybridized carbons (Fsp3) is 0.133. The highest BCUT2D eigenvalue weighted by atomic mass is 35.5. The van der Waals surface area contributed by atoms with Crippen LogP contribution in [0.5, 0.6) is 11.5 Å². The SMILES string of the molecule is COc1cccc(C(=O)Nc2cc(C(F)(F)F)cc(Cl)c2O)c1. The van der Waals surface area contributed by atoms with E-state index in [2.05, 4.69) is 5.32 Å². The summed E-state index contributed by atoms with van der Waals surface area (Å²) in [5, 5.41) is 11.4. The number of nitrogens with one attached hydrogen (secondary N) is 1.